The molecule has 1 aromatic rings. The normalized spacial score (nSPS) is 16.1. The topological polar surface area (TPSA) is 78.4 Å². The minimum Gasteiger partial charge on any atom is -0.350 e. The first kappa shape index (κ1) is 22.4. The second kappa shape index (κ2) is 9.08. The Hall–Kier alpha value is -1.88. The summed E-state index contributed by atoms with van der Waals surface area (Å²) in [5.74, 6) is -0.291. The van der Waals surface area contributed by atoms with E-state index in [-0.39, 0.29) is 34.8 Å². The first-order valence-electron chi connectivity index (χ1n) is 8.78. The zero-order valence-corrected chi connectivity index (χ0v) is 16.9. The highest BCUT2D eigenvalue weighted by molar-refractivity contribution is 7.99. The van der Waals surface area contributed by atoms with Gasteiger partial charge in [0.25, 0.3) is 0 Å². The van der Waals surface area contributed by atoms with Crippen molar-refractivity contribution in [2.45, 2.75) is 37.6 Å². The van der Waals surface area contributed by atoms with Crippen molar-refractivity contribution in [2.24, 2.45) is 0 Å². The number of alkyl halides is 3. The van der Waals surface area contributed by atoms with Gasteiger partial charge in [-0.05, 0) is 26.8 Å². The molecule has 1 aliphatic heterocycles. The molecule has 1 aliphatic rings. The summed E-state index contributed by atoms with van der Waals surface area (Å²) in [7, 11) is 0. The predicted octanol–water partition coefficient (Wildman–Crippen LogP) is 1.65. The number of amides is 2. The Morgan fingerprint density at radius 1 is 1.18 bits per heavy atom. The zero-order chi connectivity index (χ0) is 20.9. The Bertz CT molecular complexity index is 701. The smallest absolute Gasteiger partial charge is 0.350 e. The summed E-state index contributed by atoms with van der Waals surface area (Å²) in [4.78, 5) is 35.1. The highest BCUT2D eigenvalue weighted by Gasteiger charge is 2.33. The summed E-state index contributed by atoms with van der Waals surface area (Å²) in [6, 6.07) is 0.793. The minimum absolute atomic E-state index is 0.0359. The summed E-state index contributed by atoms with van der Waals surface area (Å²) < 4.78 is 38.0. The molecule has 0 aliphatic carbocycles. The summed E-state index contributed by atoms with van der Waals surface area (Å²) in [5, 5.41) is 2.81. The number of hydrogen-bond donors (Lipinski definition) is 1. The van der Waals surface area contributed by atoms with Gasteiger partial charge in [0.1, 0.15) is 5.69 Å². The van der Waals surface area contributed by atoms with Crippen molar-refractivity contribution >= 4 is 23.6 Å². The highest BCUT2D eigenvalue weighted by atomic mass is 32.2. The van der Waals surface area contributed by atoms with E-state index in [2.05, 4.69) is 15.3 Å². The molecule has 156 valence electrons. The lowest BCUT2D eigenvalue weighted by Gasteiger charge is -2.34. The second-order valence-corrected chi connectivity index (χ2v) is 8.41. The van der Waals surface area contributed by atoms with E-state index in [1.807, 2.05) is 25.7 Å². The van der Waals surface area contributed by atoms with Crippen LogP contribution in [0.4, 0.5) is 13.2 Å². The fourth-order valence-corrected chi connectivity index (χ4v) is 3.34. The van der Waals surface area contributed by atoms with Gasteiger partial charge in [0, 0.05) is 37.9 Å². The third-order valence-corrected chi connectivity index (χ3v) is 4.70. The monoisotopic (exact) mass is 419 g/mol. The summed E-state index contributed by atoms with van der Waals surface area (Å²) in [6.07, 6.45) is -3.51. The molecule has 0 spiro atoms. The Morgan fingerprint density at radius 2 is 1.82 bits per heavy atom. The van der Waals surface area contributed by atoms with Gasteiger partial charge in [0.2, 0.25) is 11.8 Å². The summed E-state index contributed by atoms with van der Waals surface area (Å²) >= 11 is 0.879. The number of hydrogen-bond acceptors (Lipinski definition) is 6. The van der Waals surface area contributed by atoms with E-state index in [1.165, 1.54) is 0 Å². The fraction of sp³-hybridized carbons (Fsp3) is 0.647. The highest BCUT2D eigenvalue weighted by Crippen LogP contribution is 2.28. The number of carbonyl (C=O) groups is 2. The van der Waals surface area contributed by atoms with Crippen LogP contribution in [-0.4, -0.2) is 75.6 Å². The Kier molecular flexibility index (Phi) is 7.27. The van der Waals surface area contributed by atoms with Gasteiger partial charge in [0.05, 0.1) is 12.3 Å². The molecule has 0 saturated carbocycles. The van der Waals surface area contributed by atoms with Crippen molar-refractivity contribution in [1.29, 1.82) is 0 Å². The van der Waals surface area contributed by atoms with Crippen LogP contribution >= 0.6 is 11.8 Å². The zero-order valence-electron chi connectivity index (χ0n) is 16.0. The second-order valence-electron chi connectivity index (χ2n) is 7.47. The molecule has 11 heteroatoms. The van der Waals surface area contributed by atoms with Crippen LogP contribution in [0.25, 0.3) is 0 Å². The lowest BCUT2D eigenvalue weighted by atomic mass is 10.1. The summed E-state index contributed by atoms with van der Waals surface area (Å²) in [6.45, 7) is 8.05. The lowest BCUT2D eigenvalue weighted by Crippen LogP contribution is -2.53. The predicted molar refractivity (Wildman–Crippen MR) is 98.7 cm³/mol. The molecule has 2 rings (SSSR count). The summed E-state index contributed by atoms with van der Waals surface area (Å²) in [5.41, 5.74) is -1.32. The van der Waals surface area contributed by atoms with Gasteiger partial charge >= 0.3 is 6.18 Å². The molecule has 0 bridgehead atoms. The molecular formula is C17H24F3N5O2S. The number of halogens is 3. The number of aromatic nitrogens is 2. The van der Waals surface area contributed by atoms with E-state index >= 15 is 0 Å². The number of thioether (sulfide) groups is 1. The Labute approximate surface area is 166 Å². The third kappa shape index (κ3) is 7.27. The Balaban J connectivity index is 1.77. The molecule has 1 N–H and O–H groups in total. The molecular weight excluding hydrogens is 395 g/mol. The van der Waals surface area contributed by atoms with E-state index < -0.39 is 11.9 Å². The molecule has 0 atom stereocenters. The molecule has 0 unspecified atom stereocenters. The average molecular weight is 419 g/mol. The third-order valence-electron chi connectivity index (χ3n) is 3.86. The van der Waals surface area contributed by atoms with E-state index in [9.17, 15) is 22.8 Å². The molecule has 7 nitrogen and oxygen atoms in total. The molecule has 0 aromatic carbocycles. The average Bonchev–Trinajstić information content (AvgIpc) is 2.58. The van der Waals surface area contributed by atoms with E-state index in [0.29, 0.717) is 26.2 Å². The van der Waals surface area contributed by atoms with Crippen molar-refractivity contribution in [3.8, 4) is 0 Å². The van der Waals surface area contributed by atoms with E-state index in [4.69, 9.17) is 0 Å². The Morgan fingerprint density at radius 3 is 2.39 bits per heavy atom. The van der Waals surface area contributed by atoms with Crippen LogP contribution in [0.5, 0.6) is 0 Å². The number of rotatable bonds is 5. The maximum Gasteiger partial charge on any atom is 0.433 e. The molecule has 1 aromatic heterocycles. The molecule has 2 heterocycles. The van der Waals surface area contributed by atoms with Crippen LogP contribution < -0.4 is 5.32 Å². The van der Waals surface area contributed by atoms with Gasteiger partial charge in [-0.1, -0.05) is 11.8 Å². The van der Waals surface area contributed by atoms with Crippen LogP contribution in [0, 0.1) is 0 Å². The SMILES string of the molecule is CC(C)(C)NC(=O)CN1CCN(C(=O)CSc2nccc(C(F)(F)F)n2)CC1. The molecule has 1 saturated heterocycles. The lowest BCUT2D eigenvalue weighted by molar-refractivity contribution is -0.141. The minimum atomic E-state index is -4.54. The number of nitrogens with one attached hydrogen (secondary N) is 1. The van der Waals surface area contributed by atoms with Crippen molar-refractivity contribution in [2.75, 3.05) is 38.5 Å². The van der Waals surface area contributed by atoms with Gasteiger partial charge < -0.3 is 10.2 Å². The van der Waals surface area contributed by atoms with Crippen molar-refractivity contribution < 1.29 is 22.8 Å². The van der Waals surface area contributed by atoms with Crippen molar-refractivity contribution in [3.05, 3.63) is 18.0 Å². The van der Waals surface area contributed by atoms with Crippen LogP contribution in [0.1, 0.15) is 26.5 Å². The van der Waals surface area contributed by atoms with Gasteiger partial charge in [0.15, 0.2) is 5.16 Å². The van der Waals surface area contributed by atoms with Gasteiger partial charge in [-0.25, -0.2) is 9.97 Å². The van der Waals surface area contributed by atoms with E-state index in [0.717, 1.165) is 24.0 Å². The van der Waals surface area contributed by atoms with E-state index in [1.54, 1.807) is 4.90 Å². The number of piperazine rings is 1. The van der Waals surface area contributed by atoms with Crippen molar-refractivity contribution in [3.63, 3.8) is 0 Å². The van der Waals surface area contributed by atoms with Gasteiger partial charge in [-0.3, -0.25) is 14.5 Å². The maximum atomic E-state index is 12.7. The molecule has 1 fully saturated rings. The quantitative estimate of drug-likeness (QED) is 0.578. The van der Waals surface area contributed by atoms with Crippen LogP contribution in [0.15, 0.2) is 17.4 Å². The fourth-order valence-electron chi connectivity index (χ4n) is 2.60. The van der Waals surface area contributed by atoms with Crippen molar-refractivity contribution in [1.82, 2.24) is 25.1 Å². The van der Waals surface area contributed by atoms with Crippen LogP contribution in [0.3, 0.4) is 0 Å². The molecule has 28 heavy (non-hydrogen) atoms. The molecule has 2 amide bonds. The first-order chi connectivity index (χ1) is 12.9. The first-order valence-corrected chi connectivity index (χ1v) is 9.77. The maximum absolute atomic E-state index is 12.7. The van der Waals surface area contributed by atoms with Gasteiger partial charge in [-0.2, -0.15) is 13.2 Å². The largest absolute Gasteiger partial charge is 0.433 e. The van der Waals surface area contributed by atoms with Crippen LogP contribution in [0.2, 0.25) is 0 Å². The number of carbonyl (C=O) groups excluding carboxylic acids is 2. The molecule has 0 radical (unpaired) electrons. The standard InChI is InChI=1S/C17H24F3N5O2S/c1-16(2,3)23-13(26)10-24-6-8-25(9-7-24)14(27)11-28-15-21-5-4-12(22-15)17(18,19)20/h4-5H,6-11H2,1-3H3,(H,23,26). The van der Waals surface area contributed by atoms with Gasteiger partial charge in [-0.15, -0.1) is 0 Å². The van der Waals surface area contributed by atoms with Crippen LogP contribution in [-0.2, 0) is 15.8 Å². The number of nitrogens with zero attached hydrogens (tertiary/aromatic N) is 4.